The predicted octanol–water partition coefficient (Wildman–Crippen LogP) is 2.90. The number of ketones is 1. The van der Waals surface area contributed by atoms with Crippen molar-refractivity contribution >= 4 is 5.78 Å². The van der Waals surface area contributed by atoms with Crippen molar-refractivity contribution in [2.75, 3.05) is 19.8 Å². The van der Waals surface area contributed by atoms with Crippen LogP contribution in [0.3, 0.4) is 0 Å². The molecule has 1 rings (SSSR count). The number of rotatable bonds is 11. The number of allylic oxidation sites excluding steroid dienone is 1. The molecule has 21 heavy (non-hydrogen) atoms. The number of carbonyl (C=O) groups excluding carboxylic acids is 1. The molecular weight excluding hydrogens is 264 g/mol. The van der Waals surface area contributed by atoms with Crippen LogP contribution in [-0.2, 0) is 4.79 Å². The lowest BCUT2D eigenvalue weighted by Crippen LogP contribution is -2.33. The van der Waals surface area contributed by atoms with Crippen molar-refractivity contribution in [1.82, 2.24) is 9.80 Å². The smallest absolute Gasteiger partial charge is 0.160 e. The van der Waals surface area contributed by atoms with Crippen LogP contribution in [-0.4, -0.2) is 46.6 Å². The summed E-state index contributed by atoms with van der Waals surface area (Å²) in [6.07, 6.45) is 10.0. The number of Topliss-reactive ketones (excluding diaryl/α,β-unsaturated/α-hetero) is 1. The van der Waals surface area contributed by atoms with E-state index in [2.05, 4.69) is 29.5 Å². The van der Waals surface area contributed by atoms with Gasteiger partial charge in [-0.3, -0.25) is 4.79 Å². The molecule has 1 aliphatic rings. The highest BCUT2D eigenvalue weighted by Gasteiger charge is 2.17. The standard InChI is InChI=1S/C17H30N2O2/c1-4-5-6-7-8-9-18-10-11-19(14-18)13-16(20)12-17(21)15(2)3/h10-11,16,20H,2,4-9,12-14H2,1,3H3. The number of aliphatic hydroxyl groups is 1. The molecule has 0 aromatic heterocycles. The number of unbranched alkanes of at least 4 members (excludes halogenated alkanes) is 4. The third-order valence-electron chi connectivity index (χ3n) is 3.74. The maximum Gasteiger partial charge on any atom is 0.160 e. The second kappa shape index (κ2) is 9.61. The molecule has 0 amide bonds. The maximum atomic E-state index is 11.5. The van der Waals surface area contributed by atoms with Gasteiger partial charge < -0.3 is 14.9 Å². The first-order valence-corrected chi connectivity index (χ1v) is 8.06. The molecule has 0 aromatic carbocycles. The van der Waals surface area contributed by atoms with Crippen LogP contribution in [0, 0.1) is 0 Å². The first-order chi connectivity index (χ1) is 10.0. The molecule has 4 nitrogen and oxygen atoms in total. The van der Waals surface area contributed by atoms with E-state index >= 15 is 0 Å². The highest BCUT2D eigenvalue weighted by Crippen LogP contribution is 2.11. The van der Waals surface area contributed by atoms with Crippen molar-refractivity contribution in [2.45, 2.75) is 58.5 Å². The number of β-amino-alcohol motifs (C(OH)–C–C–N with tert-alkyl or cyclic N) is 1. The molecule has 1 atom stereocenters. The fourth-order valence-electron chi connectivity index (χ4n) is 2.42. The maximum absolute atomic E-state index is 11.5. The van der Waals surface area contributed by atoms with Crippen LogP contribution in [0.4, 0.5) is 0 Å². The Kier molecular flexibility index (Phi) is 8.13. The van der Waals surface area contributed by atoms with E-state index in [0.29, 0.717) is 12.1 Å². The molecule has 1 N–H and O–H groups in total. The molecule has 0 aliphatic carbocycles. The number of aliphatic hydroxyl groups excluding tert-OH is 1. The molecule has 0 fully saturated rings. The zero-order valence-corrected chi connectivity index (χ0v) is 13.6. The van der Waals surface area contributed by atoms with Gasteiger partial charge >= 0.3 is 0 Å². The molecule has 1 heterocycles. The lowest BCUT2D eigenvalue weighted by molar-refractivity contribution is -0.117. The lowest BCUT2D eigenvalue weighted by atomic mass is 10.1. The van der Waals surface area contributed by atoms with Crippen molar-refractivity contribution in [3.8, 4) is 0 Å². The Hall–Kier alpha value is -1.29. The topological polar surface area (TPSA) is 43.8 Å². The number of carbonyl (C=O) groups is 1. The summed E-state index contributed by atoms with van der Waals surface area (Å²) in [7, 11) is 0. The van der Waals surface area contributed by atoms with Crippen LogP contribution in [0.15, 0.2) is 24.6 Å². The molecule has 0 aromatic rings. The summed E-state index contributed by atoms with van der Waals surface area (Å²) >= 11 is 0. The van der Waals surface area contributed by atoms with Gasteiger partial charge in [0.25, 0.3) is 0 Å². The fraction of sp³-hybridized carbons (Fsp3) is 0.706. The molecule has 4 heteroatoms. The van der Waals surface area contributed by atoms with Gasteiger partial charge in [-0.05, 0) is 18.9 Å². The number of nitrogens with zero attached hydrogens (tertiary/aromatic N) is 2. The normalized spacial score (nSPS) is 15.6. The molecular formula is C17H30N2O2. The monoisotopic (exact) mass is 294 g/mol. The predicted molar refractivity (Wildman–Crippen MR) is 86.6 cm³/mol. The van der Waals surface area contributed by atoms with E-state index < -0.39 is 6.10 Å². The van der Waals surface area contributed by atoms with Crippen LogP contribution < -0.4 is 0 Å². The minimum absolute atomic E-state index is 0.0570. The summed E-state index contributed by atoms with van der Waals surface area (Å²) in [4.78, 5) is 15.8. The van der Waals surface area contributed by atoms with Crippen LogP contribution in [0.1, 0.15) is 52.4 Å². The average molecular weight is 294 g/mol. The molecule has 0 bridgehead atoms. The Morgan fingerprint density at radius 2 is 1.90 bits per heavy atom. The summed E-state index contributed by atoms with van der Waals surface area (Å²) in [6.45, 7) is 9.90. The van der Waals surface area contributed by atoms with E-state index in [9.17, 15) is 9.90 Å². The van der Waals surface area contributed by atoms with Gasteiger partial charge in [0.1, 0.15) is 0 Å². The quantitative estimate of drug-likeness (QED) is 0.470. The SMILES string of the molecule is C=C(C)C(=O)CC(O)CN1C=CN(CCCCCCC)C1. The van der Waals surface area contributed by atoms with E-state index in [1.807, 2.05) is 6.20 Å². The average Bonchev–Trinajstić information content (AvgIpc) is 2.85. The van der Waals surface area contributed by atoms with Gasteiger partial charge in [0.05, 0.1) is 12.8 Å². The minimum Gasteiger partial charge on any atom is -0.391 e. The Labute approximate surface area is 129 Å². The third-order valence-corrected chi connectivity index (χ3v) is 3.74. The highest BCUT2D eigenvalue weighted by molar-refractivity contribution is 5.94. The van der Waals surface area contributed by atoms with Gasteiger partial charge in [-0.1, -0.05) is 39.2 Å². The zero-order valence-electron chi connectivity index (χ0n) is 13.6. The van der Waals surface area contributed by atoms with Crippen molar-refractivity contribution in [1.29, 1.82) is 0 Å². The second-order valence-electron chi connectivity index (χ2n) is 6.00. The third kappa shape index (κ3) is 7.32. The first-order valence-electron chi connectivity index (χ1n) is 8.06. The molecule has 120 valence electrons. The van der Waals surface area contributed by atoms with Crippen LogP contribution in [0.2, 0.25) is 0 Å². The van der Waals surface area contributed by atoms with Crippen LogP contribution >= 0.6 is 0 Å². The van der Waals surface area contributed by atoms with Gasteiger partial charge in [-0.25, -0.2) is 0 Å². The lowest BCUT2D eigenvalue weighted by Gasteiger charge is -2.23. The number of hydrogen-bond donors (Lipinski definition) is 1. The minimum atomic E-state index is -0.622. The fourth-order valence-corrected chi connectivity index (χ4v) is 2.42. The Morgan fingerprint density at radius 1 is 1.24 bits per heavy atom. The molecule has 0 radical (unpaired) electrons. The van der Waals surface area contributed by atoms with Gasteiger partial charge in [-0.15, -0.1) is 0 Å². The summed E-state index contributed by atoms with van der Waals surface area (Å²) in [5.74, 6) is -0.0570. The molecule has 1 aliphatic heterocycles. The Balaban J connectivity index is 2.15. The second-order valence-corrected chi connectivity index (χ2v) is 6.00. The van der Waals surface area contributed by atoms with Crippen molar-refractivity contribution < 1.29 is 9.90 Å². The van der Waals surface area contributed by atoms with Gasteiger partial charge in [-0.2, -0.15) is 0 Å². The molecule has 1 unspecified atom stereocenters. The van der Waals surface area contributed by atoms with Gasteiger partial charge in [0.2, 0.25) is 0 Å². The summed E-state index contributed by atoms with van der Waals surface area (Å²) in [6, 6.07) is 0. The van der Waals surface area contributed by atoms with E-state index in [1.165, 1.54) is 32.1 Å². The Bertz CT molecular complexity index is 366. The van der Waals surface area contributed by atoms with E-state index in [-0.39, 0.29) is 12.2 Å². The Morgan fingerprint density at radius 3 is 2.57 bits per heavy atom. The van der Waals surface area contributed by atoms with Gasteiger partial charge in [0, 0.05) is 31.9 Å². The first kappa shape index (κ1) is 17.8. The summed E-state index contributed by atoms with van der Waals surface area (Å²) in [5, 5.41) is 9.93. The van der Waals surface area contributed by atoms with Crippen LogP contribution in [0.25, 0.3) is 0 Å². The van der Waals surface area contributed by atoms with Crippen molar-refractivity contribution in [3.63, 3.8) is 0 Å². The highest BCUT2D eigenvalue weighted by atomic mass is 16.3. The molecule has 0 saturated carbocycles. The van der Waals surface area contributed by atoms with Crippen molar-refractivity contribution in [2.24, 2.45) is 0 Å². The summed E-state index contributed by atoms with van der Waals surface area (Å²) < 4.78 is 0. The van der Waals surface area contributed by atoms with Gasteiger partial charge in [0.15, 0.2) is 5.78 Å². The molecule has 0 saturated heterocycles. The van der Waals surface area contributed by atoms with E-state index in [0.717, 1.165) is 13.2 Å². The molecule has 0 spiro atoms. The zero-order chi connectivity index (χ0) is 15.7. The van der Waals surface area contributed by atoms with Crippen LogP contribution in [0.5, 0.6) is 0 Å². The van der Waals surface area contributed by atoms with E-state index in [4.69, 9.17) is 0 Å². The summed E-state index contributed by atoms with van der Waals surface area (Å²) in [5.41, 5.74) is 0.514. The van der Waals surface area contributed by atoms with E-state index in [1.54, 1.807) is 6.92 Å². The van der Waals surface area contributed by atoms with Crippen molar-refractivity contribution in [3.05, 3.63) is 24.6 Å². The number of hydrogen-bond acceptors (Lipinski definition) is 4. The largest absolute Gasteiger partial charge is 0.391 e.